The second-order valence-corrected chi connectivity index (χ2v) is 7.79. The fourth-order valence-corrected chi connectivity index (χ4v) is 4.84. The molecule has 0 N–H and O–H groups in total. The van der Waals surface area contributed by atoms with Crippen LogP contribution in [0.2, 0.25) is 0 Å². The first-order valence-corrected chi connectivity index (χ1v) is 9.72. The molecule has 1 aromatic carbocycles. The first-order chi connectivity index (χ1) is 11.4. The van der Waals surface area contributed by atoms with Gasteiger partial charge in [-0.15, -0.1) is 10.2 Å². The van der Waals surface area contributed by atoms with E-state index in [1.54, 1.807) is 0 Å². The summed E-state index contributed by atoms with van der Waals surface area (Å²) in [7, 11) is 0. The van der Waals surface area contributed by atoms with Gasteiger partial charge in [-0.3, -0.25) is 4.57 Å². The van der Waals surface area contributed by atoms with E-state index >= 15 is 0 Å². The Kier molecular flexibility index (Phi) is 4.55. The molecule has 0 amide bonds. The molecule has 0 radical (unpaired) electrons. The van der Waals surface area contributed by atoms with E-state index in [1.165, 1.54) is 50.6 Å². The van der Waals surface area contributed by atoms with Gasteiger partial charge in [-0.2, -0.15) is 0 Å². The lowest BCUT2D eigenvalue weighted by atomic mass is 10.1. The van der Waals surface area contributed by atoms with Crippen molar-refractivity contribution < 1.29 is 0 Å². The van der Waals surface area contributed by atoms with E-state index in [9.17, 15) is 0 Å². The van der Waals surface area contributed by atoms with Crippen molar-refractivity contribution in [3.63, 3.8) is 0 Å². The van der Waals surface area contributed by atoms with Crippen LogP contribution in [0.3, 0.4) is 0 Å². The number of rotatable bonds is 4. The second kappa shape index (κ2) is 6.95. The van der Waals surface area contributed by atoms with Gasteiger partial charge in [0.05, 0.1) is 5.69 Å². The molecule has 1 aliphatic heterocycles. The molecule has 1 saturated heterocycles. The highest BCUT2D eigenvalue weighted by molar-refractivity contribution is 7.99. The van der Waals surface area contributed by atoms with E-state index in [4.69, 9.17) is 0 Å². The zero-order chi connectivity index (χ0) is 15.5. The molecule has 2 heterocycles. The van der Waals surface area contributed by atoms with Crippen LogP contribution in [0.4, 0.5) is 5.95 Å². The number of anilines is 1. The lowest BCUT2D eigenvalue weighted by molar-refractivity contribution is 0.564. The fraction of sp³-hybridized carbons (Fsp3) is 0.556. The summed E-state index contributed by atoms with van der Waals surface area (Å²) in [4.78, 5) is 2.40. The van der Waals surface area contributed by atoms with Crippen molar-refractivity contribution >= 4 is 17.7 Å². The Bertz CT molecular complexity index is 628. The largest absolute Gasteiger partial charge is 0.341 e. The van der Waals surface area contributed by atoms with Gasteiger partial charge < -0.3 is 4.90 Å². The Morgan fingerprint density at radius 1 is 0.870 bits per heavy atom. The maximum absolute atomic E-state index is 4.58. The summed E-state index contributed by atoms with van der Waals surface area (Å²) in [6, 6.07) is 10.6. The molecule has 0 unspecified atom stereocenters. The standard InChI is InChI=1S/C18H24N4S/c1-3-9-15(10-4-1)22-17(21-13-7-2-8-14-21)19-20-18(22)23-16-11-5-6-12-16/h1,3-4,9-10,16H,2,5-8,11-14H2. The molecule has 0 bridgehead atoms. The zero-order valence-corrected chi connectivity index (χ0v) is 14.3. The lowest BCUT2D eigenvalue weighted by Gasteiger charge is -2.28. The molecule has 1 aliphatic carbocycles. The van der Waals surface area contributed by atoms with Crippen molar-refractivity contribution in [2.24, 2.45) is 0 Å². The monoisotopic (exact) mass is 328 g/mol. The van der Waals surface area contributed by atoms with Crippen molar-refractivity contribution in [2.45, 2.75) is 55.4 Å². The Balaban J connectivity index is 1.69. The third-order valence-electron chi connectivity index (χ3n) is 4.84. The van der Waals surface area contributed by atoms with Gasteiger partial charge in [-0.25, -0.2) is 0 Å². The number of para-hydroxylation sites is 1. The number of nitrogens with zero attached hydrogens (tertiary/aromatic N) is 4. The number of aromatic nitrogens is 3. The van der Waals surface area contributed by atoms with E-state index < -0.39 is 0 Å². The summed E-state index contributed by atoms with van der Waals surface area (Å²) in [6.45, 7) is 2.19. The Labute approximate surface area is 142 Å². The molecule has 2 aromatic rings. The summed E-state index contributed by atoms with van der Waals surface area (Å²) in [5.74, 6) is 1.02. The van der Waals surface area contributed by atoms with Gasteiger partial charge in [-0.1, -0.05) is 42.8 Å². The molecule has 2 aliphatic rings. The summed E-state index contributed by atoms with van der Waals surface area (Å²) in [5.41, 5.74) is 1.18. The minimum Gasteiger partial charge on any atom is -0.341 e. The predicted octanol–water partition coefficient (Wildman–Crippen LogP) is 4.29. The van der Waals surface area contributed by atoms with E-state index in [-0.39, 0.29) is 0 Å². The van der Waals surface area contributed by atoms with Crippen molar-refractivity contribution in [3.05, 3.63) is 30.3 Å². The molecule has 4 nitrogen and oxygen atoms in total. The normalized spacial score (nSPS) is 19.4. The molecule has 5 heteroatoms. The Hall–Kier alpha value is -1.49. The van der Waals surface area contributed by atoms with Crippen LogP contribution in [0.5, 0.6) is 0 Å². The molecular formula is C18H24N4S. The second-order valence-electron chi connectivity index (χ2n) is 6.53. The topological polar surface area (TPSA) is 34.0 Å². The van der Waals surface area contributed by atoms with Crippen molar-refractivity contribution in [2.75, 3.05) is 18.0 Å². The smallest absolute Gasteiger partial charge is 0.232 e. The average Bonchev–Trinajstić information content (AvgIpc) is 3.27. The molecule has 1 saturated carbocycles. The van der Waals surface area contributed by atoms with Crippen molar-refractivity contribution in [3.8, 4) is 5.69 Å². The maximum Gasteiger partial charge on any atom is 0.232 e. The molecule has 1 aromatic heterocycles. The summed E-state index contributed by atoms with van der Waals surface area (Å²) < 4.78 is 2.27. The van der Waals surface area contributed by atoms with Crippen LogP contribution in [0.25, 0.3) is 5.69 Å². The Morgan fingerprint density at radius 2 is 1.61 bits per heavy atom. The first-order valence-electron chi connectivity index (χ1n) is 8.84. The molecule has 4 rings (SSSR count). The van der Waals surface area contributed by atoms with Gasteiger partial charge >= 0.3 is 0 Å². The van der Waals surface area contributed by atoms with E-state index in [0.29, 0.717) is 5.25 Å². The van der Waals surface area contributed by atoms with Gasteiger partial charge in [0, 0.05) is 18.3 Å². The van der Waals surface area contributed by atoms with Gasteiger partial charge in [0.2, 0.25) is 5.95 Å². The minimum absolute atomic E-state index is 0.705. The van der Waals surface area contributed by atoms with Crippen LogP contribution in [0.1, 0.15) is 44.9 Å². The predicted molar refractivity (Wildman–Crippen MR) is 95.5 cm³/mol. The van der Waals surface area contributed by atoms with Crippen LogP contribution < -0.4 is 4.90 Å². The van der Waals surface area contributed by atoms with Gasteiger partial charge in [0.25, 0.3) is 0 Å². The van der Waals surface area contributed by atoms with Crippen LogP contribution in [-0.4, -0.2) is 33.1 Å². The number of hydrogen-bond donors (Lipinski definition) is 0. The van der Waals surface area contributed by atoms with Crippen LogP contribution in [0, 0.1) is 0 Å². The summed E-state index contributed by atoms with van der Waals surface area (Å²) in [5, 5.41) is 10.9. The van der Waals surface area contributed by atoms with Gasteiger partial charge in [0.15, 0.2) is 5.16 Å². The van der Waals surface area contributed by atoms with Gasteiger partial charge in [0.1, 0.15) is 0 Å². The van der Waals surface area contributed by atoms with Crippen LogP contribution >= 0.6 is 11.8 Å². The highest BCUT2D eigenvalue weighted by Gasteiger charge is 2.24. The first kappa shape index (κ1) is 15.1. The highest BCUT2D eigenvalue weighted by Crippen LogP contribution is 2.36. The summed E-state index contributed by atoms with van der Waals surface area (Å²) in [6.07, 6.45) is 9.18. The molecular weight excluding hydrogens is 304 g/mol. The third-order valence-corrected chi connectivity index (χ3v) is 6.12. The third kappa shape index (κ3) is 3.25. The Morgan fingerprint density at radius 3 is 2.35 bits per heavy atom. The molecule has 0 atom stereocenters. The number of piperidine rings is 1. The number of hydrogen-bond acceptors (Lipinski definition) is 4. The number of benzene rings is 1. The molecule has 2 fully saturated rings. The summed E-state index contributed by atoms with van der Waals surface area (Å²) >= 11 is 1.92. The van der Waals surface area contributed by atoms with Crippen LogP contribution in [0.15, 0.2) is 35.5 Å². The van der Waals surface area contributed by atoms with Gasteiger partial charge in [-0.05, 0) is 44.2 Å². The molecule has 122 valence electrons. The van der Waals surface area contributed by atoms with Crippen LogP contribution in [-0.2, 0) is 0 Å². The molecule has 0 spiro atoms. The highest BCUT2D eigenvalue weighted by atomic mass is 32.2. The van der Waals surface area contributed by atoms with Crippen molar-refractivity contribution in [1.82, 2.24) is 14.8 Å². The quantitative estimate of drug-likeness (QED) is 0.838. The van der Waals surface area contributed by atoms with E-state index in [2.05, 4.69) is 50.0 Å². The average molecular weight is 328 g/mol. The lowest BCUT2D eigenvalue weighted by Crippen LogP contribution is -2.31. The van der Waals surface area contributed by atoms with Crippen molar-refractivity contribution in [1.29, 1.82) is 0 Å². The SMILES string of the molecule is c1ccc(-n2c(SC3CCCC3)nnc2N2CCCCC2)cc1. The molecule has 23 heavy (non-hydrogen) atoms. The number of thioether (sulfide) groups is 1. The maximum atomic E-state index is 4.58. The minimum atomic E-state index is 0.705. The van der Waals surface area contributed by atoms with E-state index in [1.807, 2.05) is 11.8 Å². The fourth-order valence-electron chi connectivity index (χ4n) is 3.60. The van der Waals surface area contributed by atoms with E-state index in [0.717, 1.165) is 24.2 Å². The zero-order valence-electron chi connectivity index (χ0n) is 13.5.